The molecule has 146 valence electrons. The van der Waals surface area contributed by atoms with Gasteiger partial charge < -0.3 is 24.4 Å². The van der Waals surface area contributed by atoms with Crippen LogP contribution in [-0.4, -0.2) is 73.2 Å². The van der Waals surface area contributed by atoms with Gasteiger partial charge in [0.2, 0.25) is 5.91 Å². The molecule has 1 fully saturated rings. The Hall–Kier alpha value is -1.54. The van der Waals surface area contributed by atoms with Crippen LogP contribution in [0, 0.1) is 0 Å². The largest absolute Gasteiger partial charge is 0.376 e. The quantitative estimate of drug-likeness (QED) is 0.555. The molecule has 1 amide bonds. The third kappa shape index (κ3) is 6.32. The first-order valence-electron chi connectivity index (χ1n) is 8.98. The number of guanidine groups is 1. The Morgan fingerprint density at radius 2 is 2.19 bits per heavy atom. The van der Waals surface area contributed by atoms with Crippen LogP contribution in [-0.2, 0) is 23.1 Å². The van der Waals surface area contributed by atoms with Gasteiger partial charge in [-0.25, -0.2) is 4.99 Å². The fourth-order valence-corrected chi connectivity index (χ4v) is 3.38. The molecule has 1 aliphatic heterocycles. The van der Waals surface area contributed by atoms with Crippen LogP contribution in [0.1, 0.15) is 25.0 Å². The Bertz CT molecular complexity index is 623. The number of aromatic nitrogens is 1. The summed E-state index contributed by atoms with van der Waals surface area (Å²) in [5.74, 6) is 0.694. The molecule has 0 aliphatic carbocycles. The predicted molar refractivity (Wildman–Crippen MR) is 107 cm³/mol. The van der Waals surface area contributed by atoms with Crippen molar-refractivity contribution < 1.29 is 9.53 Å². The van der Waals surface area contributed by atoms with Crippen molar-refractivity contribution in [3.63, 3.8) is 0 Å². The summed E-state index contributed by atoms with van der Waals surface area (Å²) in [5.41, 5.74) is 1.15. The van der Waals surface area contributed by atoms with Gasteiger partial charge in [0, 0.05) is 57.7 Å². The molecule has 8 heteroatoms. The van der Waals surface area contributed by atoms with E-state index in [-0.39, 0.29) is 18.6 Å². The number of carbonyl (C=O) groups is 1. The molecule has 0 aromatic carbocycles. The number of hydrogen-bond acceptors (Lipinski definition) is 3. The SMILES string of the molecule is CN(C)C(=O)CN=C(NCC1CCCCO1)N(C)Cc1cc(Br)cn1C. The summed E-state index contributed by atoms with van der Waals surface area (Å²) in [4.78, 5) is 20.0. The lowest BCUT2D eigenvalue weighted by atomic mass is 10.1. The smallest absolute Gasteiger partial charge is 0.243 e. The highest BCUT2D eigenvalue weighted by molar-refractivity contribution is 9.10. The van der Waals surface area contributed by atoms with Crippen LogP contribution in [0.15, 0.2) is 21.7 Å². The van der Waals surface area contributed by atoms with Crippen molar-refractivity contribution in [1.29, 1.82) is 0 Å². The number of aliphatic imine (C=N–C) groups is 1. The lowest BCUT2D eigenvalue weighted by Gasteiger charge is -2.27. The zero-order chi connectivity index (χ0) is 19.1. The number of nitrogens with one attached hydrogen (secondary N) is 1. The molecule has 1 unspecified atom stereocenters. The number of ether oxygens (including phenoxy) is 1. The van der Waals surface area contributed by atoms with Gasteiger partial charge >= 0.3 is 0 Å². The molecule has 0 spiro atoms. The van der Waals surface area contributed by atoms with E-state index < -0.39 is 0 Å². The second-order valence-electron chi connectivity index (χ2n) is 6.91. The molecule has 2 heterocycles. The van der Waals surface area contributed by atoms with Gasteiger partial charge in [-0.05, 0) is 41.3 Å². The van der Waals surface area contributed by atoms with Gasteiger partial charge in [0.25, 0.3) is 0 Å². The summed E-state index contributed by atoms with van der Waals surface area (Å²) in [5, 5.41) is 3.39. The number of amides is 1. The highest BCUT2D eigenvalue weighted by Crippen LogP contribution is 2.15. The summed E-state index contributed by atoms with van der Waals surface area (Å²) in [6.07, 6.45) is 5.63. The Kier molecular flexibility index (Phi) is 7.96. The molecule has 26 heavy (non-hydrogen) atoms. The van der Waals surface area contributed by atoms with Gasteiger partial charge in [-0.1, -0.05) is 0 Å². The van der Waals surface area contributed by atoms with Crippen molar-refractivity contribution in [2.45, 2.75) is 31.9 Å². The summed E-state index contributed by atoms with van der Waals surface area (Å²) in [6.45, 7) is 2.35. The fourth-order valence-electron chi connectivity index (χ4n) is 2.81. The number of carbonyl (C=O) groups excluding carboxylic acids is 1. The first-order chi connectivity index (χ1) is 12.4. The lowest BCUT2D eigenvalue weighted by molar-refractivity contribution is -0.127. The monoisotopic (exact) mass is 427 g/mol. The maximum absolute atomic E-state index is 11.9. The lowest BCUT2D eigenvalue weighted by Crippen LogP contribution is -2.44. The topological polar surface area (TPSA) is 62.1 Å². The molecule has 1 aromatic heterocycles. The number of nitrogens with zero attached hydrogens (tertiary/aromatic N) is 4. The van der Waals surface area contributed by atoms with E-state index in [0.29, 0.717) is 19.0 Å². The number of halogens is 1. The molecule has 0 saturated carbocycles. The van der Waals surface area contributed by atoms with Crippen LogP contribution >= 0.6 is 15.9 Å². The summed E-state index contributed by atoms with van der Waals surface area (Å²) < 4.78 is 8.92. The van der Waals surface area contributed by atoms with Gasteiger partial charge in [0.1, 0.15) is 6.54 Å². The molecule has 1 N–H and O–H groups in total. The van der Waals surface area contributed by atoms with E-state index in [4.69, 9.17) is 4.74 Å². The Morgan fingerprint density at radius 1 is 1.42 bits per heavy atom. The highest BCUT2D eigenvalue weighted by Gasteiger charge is 2.17. The van der Waals surface area contributed by atoms with Crippen molar-refractivity contribution in [3.8, 4) is 0 Å². The number of hydrogen-bond donors (Lipinski definition) is 1. The summed E-state index contributed by atoms with van der Waals surface area (Å²) in [7, 11) is 7.48. The summed E-state index contributed by atoms with van der Waals surface area (Å²) >= 11 is 3.51. The van der Waals surface area contributed by atoms with Crippen molar-refractivity contribution >= 4 is 27.8 Å². The van der Waals surface area contributed by atoms with E-state index in [2.05, 4.69) is 36.9 Å². The first-order valence-corrected chi connectivity index (χ1v) is 9.78. The number of likely N-dealkylation sites (N-methyl/N-ethyl adjacent to an activating group) is 1. The molecule has 7 nitrogen and oxygen atoms in total. The zero-order valence-corrected chi connectivity index (χ0v) is 17.8. The van der Waals surface area contributed by atoms with E-state index in [1.165, 1.54) is 6.42 Å². The Morgan fingerprint density at radius 3 is 2.77 bits per heavy atom. The minimum absolute atomic E-state index is 0.0202. The van der Waals surface area contributed by atoms with Crippen LogP contribution in [0.4, 0.5) is 0 Å². The number of rotatable bonds is 6. The first kappa shape index (κ1) is 20.8. The van der Waals surface area contributed by atoms with Gasteiger partial charge in [-0.15, -0.1) is 0 Å². The molecule has 1 saturated heterocycles. The van der Waals surface area contributed by atoms with E-state index >= 15 is 0 Å². The molecule has 2 rings (SSSR count). The third-order valence-corrected chi connectivity index (χ3v) is 4.89. The standard InChI is InChI=1S/C18H30BrN5O2/c1-22(2)17(25)11-21-18(20-10-16-7-5-6-8-26-16)24(4)13-15-9-14(19)12-23(15)3/h9,12,16H,5-8,10-11,13H2,1-4H3,(H,20,21). The molecule has 0 bridgehead atoms. The highest BCUT2D eigenvalue weighted by atomic mass is 79.9. The minimum Gasteiger partial charge on any atom is -0.376 e. The van der Waals surface area contributed by atoms with E-state index in [9.17, 15) is 4.79 Å². The van der Waals surface area contributed by atoms with Crippen LogP contribution in [0.5, 0.6) is 0 Å². The molecule has 1 atom stereocenters. The van der Waals surface area contributed by atoms with Crippen LogP contribution in [0.25, 0.3) is 0 Å². The second kappa shape index (κ2) is 9.97. The van der Waals surface area contributed by atoms with Crippen molar-refractivity contribution in [2.24, 2.45) is 12.0 Å². The molecule has 1 aromatic rings. The van der Waals surface area contributed by atoms with Gasteiger partial charge in [-0.3, -0.25) is 4.79 Å². The van der Waals surface area contributed by atoms with Gasteiger partial charge in [0.15, 0.2) is 5.96 Å². The molecular weight excluding hydrogens is 398 g/mol. The molecule has 0 radical (unpaired) electrons. The number of aryl methyl sites for hydroxylation is 1. The van der Waals surface area contributed by atoms with Crippen LogP contribution in [0.2, 0.25) is 0 Å². The van der Waals surface area contributed by atoms with Crippen LogP contribution < -0.4 is 5.32 Å². The normalized spacial score (nSPS) is 17.9. The van der Waals surface area contributed by atoms with Gasteiger partial charge in [0.05, 0.1) is 12.6 Å². The van der Waals surface area contributed by atoms with E-state index in [1.807, 2.05) is 25.2 Å². The van der Waals surface area contributed by atoms with Gasteiger partial charge in [-0.2, -0.15) is 0 Å². The van der Waals surface area contributed by atoms with E-state index in [0.717, 1.165) is 29.6 Å². The summed E-state index contributed by atoms with van der Waals surface area (Å²) in [6, 6.07) is 2.09. The van der Waals surface area contributed by atoms with Crippen LogP contribution in [0.3, 0.4) is 0 Å². The van der Waals surface area contributed by atoms with E-state index in [1.54, 1.807) is 19.0 Å². The van der Waals surface area contributed by atoms with Crippen molar-refractivity contribution in [3.05, 3.63) is 22.4 Å². The predicted octanol–water partition coefficient (Wildman–Crippen LogP) is 1.82. The third-order valence-electron chi connectivity index (χ3n) is 4.46. The Labute approximate surface area is 164 Å². The average molecular weight is 428 g/mol. The van der Waals surface area contributed by atoms with Crippen molar-refractivity contribution in [2.75, 3.05) is 40.8 Å². The maximum atomic E-state index is 11.9. The van der Waals surface area contributed by atoms with Crippen molar-refractivity contribution in [1.82, 2.24) is 19.7 Å². The fraction of sp³-hybridized carbons (Fsp3) is 0.667. The average Bonchev–Trinajstić information content (AvgIpc) is 2.92. The molecule has 1 aliphatic rings. The molecular formula is C18H30BrN5O2. The second-order valence-corrected chi connectivity index (χ2v) is 7.83. The zero-order valence-electron chi connectivity index (χ0n) is 16.2. The Balaban J connectivity index is 2.03. The maximum Gasteiger partial charge on any atom is 0.243 e. The minimum atomic E-state index is -0.0202.